The van der Waals surface area contributed by atoms with Crippen molar-refractivity contribution in [2.75, 3.05) is 13.2 Å². The van der Waals surface area contributed by atoms with E-state index >= 15 is 0 Å². The maximum absolute atomic E-state index is 12.1. The number of rotatable bonds is 4. The van der Waals surface area contributed by atoms with E-state index in [2.05, 4.69) is 20.7 Å². The zero-order chi connectivity index (χ0) is 13.3. The van der Waals surface area contributed by atoms with Gasteiger partial charge in [-0.1, -0.05) is 0 Å². The van der Waals surface area contributed by atoms with Gasteiger partial charge in [0.1, 0.15) is 9.77 Å². The molecule has 2 heterocycles. The van der Waals surface area contributed by atoms with Crippen molar-refractivity contribution in [2.24, 2.45) is 0 Å². The first-order valence-electron chi connectivity index (χ1n) is 5.03. The highest BCUT2D eigenvalue weighted by Crippen LogP contribution is 2.31. The van der Waals surface area contributed by atoms with Crippen LogP contribution in [0.2, 0.25) is 0 Å². The molecule has 1 atom stereocenters. The minimum atomic E-state index is -3.72. The number of hydrogen-bond acceptors (Lipinski definition) is 5. The topological polar surface area (TPSA) is 92.7 Å². The second-order valence-electron chi connectivity index (χ2n) is 3.74. The third-order valence-electron chi connectivity index (χ3n) is 2.41. The van der Waals surface area contributed by atoms with Crippen molar-refractivity contribution in [3.05, 3.63) is 14.7 Å². The molecule has 1 aromatic rings. The lowest BCUT2D eigenvalue weighted by Gasteiger charge is -2.10. The molecule has 1 saturated heterocycles. The predicted octanol–water partition coefficient (Wildman–Crippen LogP) is 1.28. The molecule has 1 aromatic heterocycles. The molecule has 100 valence electrons. The maximum Gasteiger partial charge on any atom is 0.345 e. The van der Waals surface area contributed by atoms with E-state index in [1.807, 2.05) is 0 Å². The first-order valence-corrected chi connectivity index (χ1v) is 8.12. The molecule has 2 rings (SSSR count). The van der Waals surface area contributed by atoms with E-state index in [0.29, 0.717) is 19.6 Å². The van der Waals surface area contributed by atoms with E-state index in [-0.39, 0.29) is 19.6 Å². The molecular formula is C9H10BrNO5S2. The van der Waals surface area contributed by atoms with Gasteiger partial charge in [-0.25, -0.2) is 17.9 Å². The van der Waals surface area contributed by atoms with Crippen LogP contribution in [-0.2, 0) is 14.8 Å². The number of aromatic carboxylic acids is 1. The van der Waals surface area contributed by atoms with Gasteiger partial charge >= 0.3 is 5.97 Å². The largest absolute Gasteiger partial charge is 0.477 e. The number of sulfonamides is 1. The highest BCUT2D eigenvalue weighted by Gasteiger charge is 2.27. The van der Waals surface area contributed by atoms with Crippen LogP contribution in [0.15, 0.2) is 14.7 Å². The Bertz CT molecular complexity index is 562. The monoisotopic (exact) mass is 355 g/mol. The van der Waals surface area contributed by atoms with Crippen LogP contribution in [0.3, 0.4) is 0 Å². The zero-order valence-corrected chi connectivity index (χ0v) is 12.3. The SMILES string of the molecule is O=C(O)c1cc(S(=O)(=O)NC2CCOC2)c(Br)s1. The quantitative estimate of drug-likeness (QED) is 0.848. The van der Waals surface area contributed by atoms with Crippen LogP contribution in [0.25, 0.3) is 0 Å². The van der Waals surface area contributed by atoms with E-state index in [1.54, 1.807) is 0 Å². The Morgan fingerprint density at radius 1 is 1.61 bits per heavy atom. The van der Waals surface area contributed by atoms with E-state index in [4.69, 9.17) is 9.84 Å². The van der Waals surface area contributed by atoms with Crippen molar-refractivity contribution >= 4 is 43.3 Å². The molecule has 0 radical (unpaired) electrons. The van der Waals surface area contributed by atoms with Gasteiger partial charge in [0.05, 0.1) is 10.4 Å². The molecule has 1 aliphatic heterocycles. The number of ether oxygens (including phenoxy) is 1. The minimum Gasteiger partial charge on any atom is -0.477 e. The number of hydrogen-bond donors (Lipinski definition) is 2. The van der Waals surface area contributed by atoms with Gasteiger partial charge in [-0.05, 0) is 28.4 Å². The Balaban J connectivity index is 2.26. The highest BCUT2D eigenvalue weighted by molar-refractivity contribution is 9.11. The fourth-order valence-corrected chi connectivity index (χ4v) is 5.21. The van der Waals surface area contributed by atoms with Crippen LogP contribution >= 0.6 is 27.3 Å². The van der Waals surface area contributed by atoms with Gasteiger partial charge in [0.15, 0.2) is 0 Å². The molecule has 1 aliphatic rings. The average Bonchev–Trinajstić information content (AvgIpc) is 2.86. The van der Waals surface area contributed by atoms with E-state index in [1.165, 1.54) is 0 Å². The summed E-state index contributed by atoms with van der Waals surface area (Å²) >= 11 is 3.95. The van der Waals surface area contributed by atoms with Crippen LogP contribution in [-0.4, -0.2) is 38.7 Å². The summed E-state index contributed by atoms with van der Waals surface area (Å²) in [5, 5.41) is 8.83. The van der Waals surface area contributed by atoms with Crippen molar-refractivity contribution in [2.45, 2.75) is 17.4 Å². The van der Waals surface area contributed by atoms with Crippen molar-refractivity contribution in [3.8, 4) is 0 Å². The van der Waals surface area contributed by atoms with Crippen LogP contribution < -0.4 is 4.72 Å². The van der Waals surface area contributed by atoms with E-state index < -0.39 is 16.0 Å². The third kappa shape index (κ3) is 2.91. The normalized spacial score (nSPS) is 20.2. The van der Waals surface area contributed by atoms with Crippen LogP contribution in [0.1, 0.15) is 16.1 Å². The molecule has 0 aliphatic carbocycles. The number of carbonyl (C=O) groups is 1. The van der Waals surface area contributed by atoms with Gasteiger partial charge in [-0.3, -0.25) is 0 Å². The predicted molar refractivity (Wildman–Crippen MR) is 68.5 cm³/mol. The highest BCUT2D eigenvalue weighted by atomic mass is 79.9. The fraction of sp³-hybridized carbons (Fsp3) is 0.444. The van der Waals surface area contributed by atoms with Crippen molar-refractivity contribution < 1.29 is 23.1 Å². The lowest BCUT2D eigenvalue weighted by Crippen LogP contribution is -2.34. The summed E-state index contributed by atoms with van der Waals surface area (Å²) in [6, 6.07) is 0.893. The van der Waals surface area contributed by atoms with Gasteiger partial charge in [0, 0.05) is 12.6 Å². The Morgan fingerprint density at radius 2 is 2.33 bits per heavy atom. The molecule has 0 bridgehead atoms. The molecule has 1 unspecified atom stereocenters. The zero-order valence-electron chi connectivity index (χ0n) is 9.05. The Hall–Kier alpha value is -0.480. The summed E-state index contributed by atoms with van der Waals surface area (Å²) in [6.45, 7) is 0.866. The molecule has 0 saturated carbocycles. The molecule has 2 N–H and O–H groups in total. The standard InChI is InChI=1S/C9H10BrNO5S2/c10-8-7(3-6(17-8)9(12)13)18(14,15)11-5-1-2-16-4-5/h3,5,11H,1-2,4H2,(H,12,13). The Morgan fingerprint density at radius 3 is 2.83 bits per heavy atom. The molecule has 9 heteroatoms. The molecule has 1 fully saturated rings. The van der Waals surface area contributed by atoms with Gasteiger partial charge in [-0.15, -0.1) is 11.3 Å². The Labute approximate surface area is 116 Å². The lowest BCUT2D eigenvalue weighted by atomic mass is 10.3. The molecule has 0 spiro atoms. The molecule has 18 heavy (non-hydrogen) atoms. The summed E-state index contributed by atoms with van der Waals surface area (Å²) in [5.41, 5.74) is 0. The smallest absolute Gasteiger partial charge is 0.345 e. The van der Waals surface area contributed by atoms with Crippen LogP contribution in [0.5, 0.6) is 0 Å². The second kappa shape index (κ2) is 5.25. The van der Waals surface area contributed by atoms with Gasteiger partial charge in [0.25, 0.3) is 0 Å². The number of nitrogens with one attached hydrogen (secondary N) is 1. The van der Waals surface area contributed by atoms with Crippen molar-refractivity contribution in [1.29, 1.82) is 0 Å². The van der Waals surface area contributed by atoms with Crippen LogP contribution in [0, 0.1) is 0 Å². The van der Waals surface area contributed by atoms with Gasteiger partial charge in [-0.2, -0.15) is 0 Å². The number of thiophene rings is 1. The Kier molecular flexibility index (Phi) is 4.07. The lowest BCUT2D eigenvalue weighted by molar-refractivity contribution is 0.0702. The average molecular weight is 356 g/mol. The fourth-order valence-electron chi connectivity index (χ4n) is 1.55. The van der Waals surface area contributed by atoms with E-state index in [9.17, 15) is 13.2 Å². The third-order valence-corrected chi connectivity index (χ3v) is 6.17. The molecule has 6 nitrogen and oxygen atoms in total. The molecule has 0 aromatic carbocycles. The van der Waals surface area contributed by atoms with Crippen LogP contribution in [0.4, 0.5) is 0 Å². The second-order valence-corrected chi connectivity index (χ2v) is 7.79. The first-order chi connectivity index (χ1) is 8.40. The summed E-state index contributed by atoms with van der Waals surface area (Å²) in [6.07, 6.45) is 0.618. The summed E-state index contributed by atoms with van der Waals surface area (Å²) < 4.78 is 32.0. The molecule has 0 amide bonds. The number of carboxylic acid groups (broad SMARTS) is 1. The number of halogens is 1. The minimum absolute atomic E-state index is 0.0232. The molecular weight excluding hydrogens is 346 g/mol. The summed E-state index contributed by atoms with van der Waals surface area (Å²) in [7, 11) is -3.72. The summed E-state index contributed by atoms with van der Waals surface area (Å²) in [4.78, 5) is 10.7. The first kappa shape index (κ1) is 13.9. The van der Waals surface area contributed by atoms with E-state index in [0.717, 1.165) is 17.4 Å². The van der Waals surface area contributed by atoms with Gasteiger partial charge in [0.2, 0.25) is 10.0 Å². The van der Waals surface area contributed by atoms with Gasteiger partial charge < -0.3 is 9.84 Å². The number of carboxylic acids is 1. The van der Waals surface area contributed by atoms with Crippen molar-refractivity contribution in [3.63, 3.8) is 0 Å². The summed E-state index contributed by atoms with van der Waals surface area (Å²) in [5.74, 6) is -1.15. The van der Waals surface area contributed by atoms with Crippen molar-refractivity contribution in [1.82, 2.24) is 4.72 Å². The maximum atomic E-state index is 12.1.